The first-order valence-electron chi connectivity index (χ1n) is 7.35. The molecule has 1 heterocycles. The van der Waals surface area contributed by atoms with Gasteiger partial charge in [0.15, 0.2) is 11.5 Å². The molecule has 1 aliphatic heterocycles. The van der Waals surface area contributed by atoms with Crippen molar-refractivity contribution in [1.82, 2.24) is 5.32 Å². The molecule has 1 saturated heterocycles. The fourth-order valence-corrected chi connectivity index (χ4v) is 2.52. The van der Waals surface area contributed by atoms with E-state index >= 15 is 0 Å². The number of anilines is 1. The van der Waals surface area contributed by atoms with Crippen LogP contribution in [-0.2, 0) is 4.74 Å². The molecule has 0 bridgehead atoms. The predicted octanol–water partition coefficient (Wildman–Crippen LogP) is 2.84. The fourth-order valence-electron chi connectivity index (χ4n) is 2.52. The highest BCUT2D eigenvalue weighted by atomic mass is 19.1. The Morgan fingerprint density at radius 3 is 2.78 bits per heavy atom. The van der Waals surface area contributed by atoms with Crippen molar-refractivity contribution >= 4 is 17.5 Å². The Bertz CT molecular complexity index is 615. The van der Waals surface area contributed by atoms with Gasteiger partial charge in [-0.1, -0.05) is 6.07 Å². The number of carbonyl (C=O) groups excluding carboxylic acids is 1. The van der Waals surface area contributed by atoms with Crippen molar-refractivity contribution in [3.63, 3.8) is 0 Å². The molecule has 1 aromatic rings. The lowest BCUT2D eigenvalue weighted by atomic mass is 10.2. The van der Waals surface area contributed by atoms with E-state index in [2.05, 4.69) is 5.32 Å². The zero-order valence-corrected chi connectivity index (χ0v) is 13.3. The summed E-state index contributed by atoms with van der Waals surface area (Å²) < 4.78 is 19.2. The van der Waals surface area contributed by atoms with Crippen LogP contribution in [0.2, 0.25) is 0 Å². The first-order valence-corrected chi connectivity index (χ1v) is 7.35. The van der Waals surface area contributed by atoms with Crippen molar-refractivity contribution in [2.45, 2.75) is 38.8 Å². The first-order chi connectivity index (χ1) is 10.7. The van der Waals surface area contributed by atoms with Crippen molar-refractivity contribution in [2.75, 3.05) is 18.0 Å². The summed E-state index contributed by atoms with van der Waals surface area (Å²) in [5.41, 5.74) is -0.916. The zero-order chi connectivity index (χ0) is 17.2. The van der Waals surface area contributed by atoms with Gasteiger partial charge in [-0.2, -0.15) is 0 Å². The number of nitrogens with one attached hydrogen (secondary N) is 1. The van der Waals surface area contributed by atoms with E-state index in [1.165, 1.54) is 18.2 Å². The van der Waals surface area contributed by atoms with Gasteiger partial charge in [0.1, 0.15) is 5.60 Å². The molecule has 1 aliphatic rings. The second-order valence-corrected chi connectivity index (χ2v) is 6.44. The zero-order valence-electron chi connectivity index (χ0n) is 13.3. The topological polar surface area (TPSA) is 84.7 Å². The van der Waals surface area contributed by atoms with Crippen LogP contribution in [0.15, 0.2) is 18.2 Å². The van der Waals surface area contributed by atoms with Gasteiger partial charge < -0.3 is 15.0 Å². The average molecular weight is 325 g/mol. The van der Waals surface area contributed by atoms with E-state index in [0.717, 1.165) is 0 Å². The summed E-state index contributed by atoms with van der Waals surface area (Å²) in [5.74, 6) is -0.642. The molecule has 0 unspecified atom stereocenters. The minimum absolute atomic E-state index is 0.0361. The molecule has 0 radical (unpaired) electrons. The maximum absolute atomic E-state index is 14.0. The molecule has 1 amide bonds. The van der Waals surface area contributed by atoms with Gasteiger partial charge in [-0.25, -0.2) is 9.18 Å². The predicted molar refractivity (Wildman–Crippen MR) is 83.0 cm³/mol. The molecule has 0 saturated carbocycles. The van der Waals surface area contributed by atoms with Crippen LogP contribution in [0.25, 0.3) is 0 Å². The number of rotatable bonds is 3. The van der Waals surface area contributed by atoms with Crippen LogP contribution >= 0.6 is 0 Å². The van der Waals surface area contributed by atoms with Gasteiger partial charge in [-0.15, -0.1) is 0 Å². The molecule has 1 aromatic carbocycles. The first kappa shape index (κ1) is 17.0. The van der Waals surface area contributed by atoms with Gasteiger partial charge in [-0.3, -0.25) is 10.1 Å². The second-order valence-electron chi connectivity index (χ2n) is 6.44. The molecular weight excluding hydrogens is 305 g/mol. The summed E-state index contributed by atoms with van der Waals surface area (Å²) in [7, 11) is 0. The lowest BCUT2D eigenvalue weighted by Crippen LogP contribution is -2.40. The van der Waals surface area contributed by atoms with Gasteiger partial charge in [0.05, 0.1) is 11.0 Å². The molecule has 8 heteroatoms. The third-order valence-electron chi connectivity index (χ3n) is 3.39. The molecule has 2 rings (SSSR count). The van der Waals surface area contributed by atoms with E-state index in [1.54, 1.807) is 25.7 Å². The number of para-hydroxylation sites is 1. The molecule has 1 N–H and O–H groups in total. The Hall–Kier alpha value is -2.38. The summed E-state index contributed by atoms with van der Waals surface area (Å²) >= 11 is 0. The molecule has 0 aromatic heterocycles. The highest BCUT2D eigenvalue weighted by Crippen LogP contribution is 2.33. The van der Waals surface area contributed by atoms with Crippen LogP contribution in [0.3, 0.4) is 0 Å². The Morgan fingerprint density at radius 2 is 2.17 bits per heavy atom. The minimum Gasteiger partial charge on any atom is -0.444 e. The van der Waals surface area contributed by atoms with E-state index in [4.69, 9.17) is 4.74 Å². The number of hydrogen-bond donors (Lipinski definition) is 1. The SMILES string of the molecule is CC(C)(C)OC(=O)N[C@H]1CCN(c2c(F)cccc2[N+](=O)[O-])C1. The Kier molecular flexibility index (Phi) is 4.72. The second kappa shape index (κ2) is 6.39. The van der Waals surface area contributed by atoms with Gasteiger partial charge in [0, 0.05) is 19.2 Å². The molecule has 1 fully saturated rings. The third kappa shape index (κ3) is 4.30. The number of halogens is 1. The molecule has 1 atom stereocenters. The van der Waals surface area contributed by atoms with Crippen LogP contribution in [0.1, 0.15) is 27.2 Å². The van der Waals surface area contributed by atoms with Crippen molar-refractivity contribution in [2.24, 2.45) is 0 Å². The van der Waals surface area contributed by atoms with E-state index in [9.17, 15) is 19.3 Å². The Balaban J connectivity index is 2.06. The molecule has 23 heavy (non-hydrogen) atoms. The lowest BCUT2D eigenvalue weighted by molar-refractivity contribution is -0.384. The van der Waals surface area contributed by atoms with Crippen LogP contribution in [0.4, 0.5) is 20.6 Å². The maximum Gasteiger partial charge on any atom is 0.407 e. The number of benzene rings is 1. The quantitative estimate of drug-likeness (QED) is 0.682. The number of nitro benzene ring substituents is 1. The van der Waals surface area contributed by atoms with E-state index < -0.39 is 22.4 Å². The van der Waals surface area contributed by atoms with Crippen molar-refractivity contribution in [3.05, 3.63) is 34.1 Å². The van der Waals surface area contributed by atoms with Gasteiger partial charge in [0.2, 0.25) is 0 Å². The number of ether oxygens (including phenoxy) is 1. The number of nitrogens with zero attached hydrogens (tertiary/aromatic N) is 2. The number of nitro groups is 1. The summed E-state index contributed by atoms with van der Waals surface area (Å²) in [6.07, 6.45) is 0.0115. The van der Waals surface area contributed by atoms with Crippen LogP contribution in [0.5, 0.6) is 0 Å². The van der Waals surface area contributed by atoms with Crippen LogP contribution in [-0.4, -0.2) is 35.7 Å². The standard InChI is InChI=1S/C15H20FN3O4/c1-15(2,3)23-14(20)17-10-7-8-18(9-10)13-11(16)5-4-6-12(13)19(21)22/h4-6,10H,7-9H2,1-3H3,(H,17,20)/t10-/m0/s1. The lowest BCUT2D eigenvalue weighted by Gasteiger charge is -2.22. The summed E-state index contributed by atoms with van der Waals surface area (Å²) in [4.78, 5) is 23.8. The minimum atomic E-state index is -0.642. The third-order valence-corrected chi connectivity index (χ3v) is 3.39. The number of carbonyl (C=O) groups is 1. The van der Waals surface area contributed by atoms with E-state index in [-0.39, 0.29) is 17.4 Å². The van der Waals surface area contributed by atoms with Crippen molar-refractivity contribution in [1.29, 1.82) is 0 Å². The number of amides is 1. The smallest absolute Gasteiger partial charge is 0.407 e. The van der Waals surface area contributed by atoms with Gasteiger partial charge in [0.25, 0.3) is 5.69 Å². The summed E-state index contributed by atoms with van der Waals surface area (Å²) in [6, 6.07) is 3.53. The maximum atomic E-state index is 14.0. The summed E-state index contributed by atoms with van der Waals surface area (Å²) in [6.45, 7) is 5.99. The van der Waals surface area contributed by atoms with Crippen LogP contribution in [0, 0.1) is 15.9 Å². The van der Waals surface area contributed by atoms with Gasteiger partial charge >= 0.3 is 6.09 Å². The van der Waals surface area contributed by atoms with E-state index in [0.29, 0.717) is 19.5 Å². The largest absolute Gasteiger partial charge is 0.444 e. The van der Waals surface area contributed by atoms with Crippen molar-refractivity contribution in [3.8, 4) is 0 Å². The molecule has 126 valence electrons. The monoisotopic (exact) mass is 325 g/mol. The highest BCUT2D eigenvalue weighted by Gasteiger charge is 2.31. The molecule has 7 nitrogen and oxygen atoms in total. The number of hydrogen-bond acceptors (Lipinski definition) is 5. The average Bonchev–Trinajstić information content (AvgIpc) is 2.83. The number of alkyl carbamates (subject to hydrolysis) is 1. The van der Waals surface area contributed by atoms with E-state index in [1.807, 2.05) is 0 Å². The summed E-state index contributed by atoms with van der Waals surface area (Å²) in [5, 5.41) is 13.8. The van der Waals surface area contributed by atoms with Crippen LogP contribution < -0.4 is 10.2 Å². The fraction of sp³-hybridized carbons (Fsp3) is 0.533. The van der Waals surface area contributed by atoms with Crippen molar-refractivity contribution < 1.29 is 18.8 Å². The Labute approximate surface area is 133 Å². The Morgan fingerprint density at radius 1 is 1.48 bits per heavy atom. The molecule has 0 aliphatic carbocycles. The molecule has 0 spiro atoms. The molecular formula is C15H20FN3O4. The highest BCUT2D eigenvalue weighted by molar-refractivity contribution is 5.69. The van der Waals surface area contributed by atoms with Gasteiger partial charge in [-0.05, 0) is 33.3 Å². The normalized spacial score (nSPS) is 17.9.